The van der Waals surface area contributed by atoms with E-state index in [0.717, 1.165) is 0 Å². The molecule has 4 N–H and O–H groups in total. The summed E-state index contributed by atoms with van der Waals surface area (Å²) in [7, 11) is 0. The molecule has 0 fully saturated rings. The van der Waals surface area contributed by atoms with Crippen LogP contribution in [-0.4, -0.2) is 16.1 Å². The lowest BCUT2D eigenvalue weighted by Gasteiger charge is -2.26. The maximum absolute atomic E-state index is 11.8. The van der Waals surface area contributed by atoms with Crippen molar-refractivity contribution in [1.29, 1.82) is 0 Å². The molecular weight excluding hydrogens is 254 g/mol. The number of hydrogen-bond donors (Lipinski definition) is 3. The van der Waals surface area contributed by atoms with Gasteiger partial charge in [-0.1, -0.05) is 54.6 Å². The number of hydrogen-bond acceptors (Lipinski definition) is 3. The Balaban J connectivity index is 2.51. The number of rotatable bonds is 4. The Kier molecular flexibility index (Phi) is 3.88. The summed E-state index contributed by atoms with van der Waals surface area (Å²) in [5, 5.41) is 20.2. The molecule has 20 heavy (non-hydrogen) atoms. The van der Waals surface area contributed by atoms with Crippen LogP contribution in [0.25, 0.3) is 0 Å². The van der Waals surface area contributed by atoms with Crippen LogP contribution in [0.5, 0.6) is 0 Å². The summed E-state index contributed by atoms with van der Waals surface area (Å²) in [4.78, 5) is 11.8. The van der Waals surface area contributed by atoms with Crippen molar-refractivity contribution in [2.75, 3.05) is 0 Å². The number of primary amides is 1. The Hall–Kier alpha value is -2.17. The molecule has 0 aliphatic rings. The number of carbonyl (C=O) groups excluding carboxylic acids is 1. The lowest BCUT2D eigenvalue weighted by Crippen LogP contribution is -2.42. The van der Waals surface area contributed by atoms with Crippen LogP contribution < -0.4 is 5.73 Å². The number of benzene rings is 2. The van der Waals surface area contributed by atoms with E-state index in [4.69, 9.17) is 5.73 Å². The number of amides is 1. The molecule has 0 saturated carbocycles. The van der Waals surface area contributed by atoms with Gasteiger partial charge in [-0.25, -0.2) is 0 Å². The van der Waals surface area contributed by atoms with Gasteiger partial charge in [0, 0.05) is 0 Å². The van der Waals surface area contributed by atoms with Crippen LogP contribution in [0, 0.1) is 0 Å². The molecule has 0 bridgehead atoms. The van der Waals surface area contributed by atoms with Crippen molar-refractivity contribution in [2.24, 2.45) is 5.73 Å². The second-order valence-electron chi connectivity index (χ2n) is 4.74. The first-order valence-corrected chi connectivity index (χ1v) is 6.32. The predicted molar refractivity (Wildman–Crippen MR) is 75.7 cm³/mol. The van der Waals surface area contributed by atoms with Gasteiger partial charge in [-0.3, -0.25) is 4.79 Å². The summed E-state index contributed by atoms with van der Waals surface area (Å²) >= 11 is 0. The molecule has 2 aromatic carbocycles. The number of nitrogens with two attached hydrogens (primary N) is 1. The minimum atomic E-state index is -1.88. The summed E-state index contributed by atoms with van der Waals surface area (Å²) < 4.78 is 0. The quantitative estimate of drug-likeness (QED) is 0.787. The van der Waals surface area contributed by atoms with Crippen LogP contribution in [0.2, 0.25) is 0 Å². The van der Waals surface area contributed by atoms with E-state index in [9.17, 15) is 15.0 Å². The third kappa shape index (κ3) is 2.43. The summed E-state index contributed by atoms with van der Waals surface area (Å²) in [5.74, 6) is -0.839. The average molecular weight is 271 g/mol. The van der Waals surface area contributed by atoms with Crippen LogP contribution in [0.3, 0.4) is 0 Å². The molecule has 0 spiro atoms. The van der Waals surface area contributed by atoms with Gasteiger partial charge in [-0.2, -0.15) is 0 Å². The molecule has 0 aliphatic carbocycles. The normalized spacial score (nSPS) is 15.3. The molecule has 0 heterocycles. The lowest BCUT2D eigenvalue weighted by atomic mass is 9.85. The SMILES string of the molecule is CC(O)c1ccc(C(O)(C(N)=O)c2ccccc2)cc1. The van der Waals surface area contributed by atoms with E-state index in [-0.39, 0.29) is 0 Å². The van der Waals surface area contributed by atoms with Crippen molar-refractivity contribution < 1.29 is 15.0 Å². The monoisotopic (exact) mass is 271 g/mol. The fraction of sp³-hybridized carbons (Fsp3) is 0.188. The molecule has 104 valence electrons. The highest BCUT2D eigenvalue weighted by molar-refractivity contribution is 5.88. The van der Waals surface area contributed by atoms with E-state index in [1.54, 1.807) is 61.5 Å². The maximum Gasteiger partial charge on any atom is 0.258 e. The second-order valence-corrected chi connectivity index (χ2v) is 4.74. The maximum atomic E-state index is 11.8. The van der Waals surface area contributed by atoms with Crippen LogP contribution in [0.1, 0.15) is 29.7 Å². The van der Waals surface area contributed by atoms with E-state index < -0.39 is 17.6 Å². The molecule has 2 unspecified atom stereocenters. The fourth-order valence-electron chi connectivity index (χ4n) is 2.13. The zero-order valence-corrected chi connectivity index (χ0v) is 11.2. The van der Waals surface area contributed by atoms with E-state index in [0.29, 0.717) is 16.7 Å². The lowest BCUT2D eigenvalue weighted by molar-refractivity contribution is -0.133. The van der Waals surface area contributed by atoms with Crippen molar-refractivity contribution in [3.8, 4) is 0 Å². The van der Waals surface area contributed by atoms with Crippen molar-refractivity contribution in [3.63, 3.8) is 0 Å². The highest BCUT2D eigenvalue weighted by Gasteiger charge is 2.37. The Morgan fingerprint density at radius 3 is 2.00 bits per heavy atom. The molecule has 0 saturated heterocycles. The van der Waals surface area contributed by atoms with Crippen molar-refractivity contribution >= 4 is 5.91 Å². The summed E-state index contributed by atoms with van der Waals surface area (Å²) in [6.45, 7) is 1.65. The molecule has 2 aromatic rings. The highest BCUT2D eigenvalue weighted by atomic mass is 16.3. The van der Waals surface area contributed by atoms with Gasteiger partial charge in [0.15, 0.2) is 5.60 Å². The number of aliphatic hydroxyl groups is 2. The van der Waals surface area contributed by atoms with E-state index >= 15 is 0 Å². The van der Waals surface area contributed by atoms with Gasteiger partial charge < -0.3 is 15.9 Å². The molecule has 0 aromatic heterocycles. The van der Waals surface area contributed by atoms with Crippen molar-refractivity contribution in [2.45, 2.75) is 18.6 Å². The second kappa shape index (κ2) is 5.45. The highest BCUT2D eigenvalue weighted by Crippen LogP contribution is 2.30. The number of aliphatic hydroxyl groups excluding tert-OH is 1. The average Bonchev–Trinajstić information content (AvgIpc) is 2.47. The van der Waals surface area contributed by atoms with Crippen LogP contribution in [0.4, 0.5) is 0 Å². The minimum Gasteiger partial charge on any atom is -0.389 e. The number of carbonyl (C=O) groups is 1. The Morgan fingerprint density at radius 1 is 1.05 bits per heavy atom. The third-order valence-corrected chi connectivity index (χ3v) is 3.36. The zero-order chi connectivity index (χ0) is 14.8. The zero-order valence-electron chi connectivity index (χ0n) is 11.2. The van der Waals surface area contributed by atoms with Crippen LogP contribution in [0.15, 0.2) is 54.6 Å². The van der Waals surface area contributed by atoms with Gasteiger partial charge in [0.05, 0.1) is 6.10 Å². The Morgan fingerprint density at radius 2 is 1.55 bits per heavy atom. The summed E-state index contributed by atoms with van der Waals surface area (Å²) in [6, 6.07) is 15.1. The molecule has 2 rings (SSSR count). The van der Waals surface area contributed by atoms with Crippen LogP contribution in [-0.2, 0) is 10.4 Å². The standard InChI is InChI=1S/C16H17NO3/c1-11(18)12-7-9-14(10-8-12)16(20,15(17)19)13-5-3-2-4-6-13/h2-11,18,20H,1H3,(H2,17,19). The van der Waals surface area contributed by atoms with Gasteiger partial charge >= 0.3 is 0 Å². The fourth-order valence-corrected chi connectivity index (χ4v) is 2.13. The predicted octanol–water partition coefficient (Wildman–Crippen LogP) is 1.46. The Labute approximate surface area is 117 Å². The van der Waals surface area contributed by atoms with Gasteiger partial charge in [-0.15, -0.1) is 0 Å². The molecule has 0 aliphatic heterocycles. The molecular formula is C16H17NO3. The van der Waals surface area contributed by atoms with Crippen molar-refractivity contribution in [3.05, 3.63) is 71.3 Å². The first-order chi connectivity index (χ1) is 9.46. The minimum absolute atomic E-state index is 0.376. The van der Waals surface area contributed by atoms with Crippen LogP contribution >= 0.6 is 0 Å². The van der Waals surface area contributed by atoms with E-state index in [1.807, 2.05) is 0 Å². The molecule has 4 nitrogen and oxygen atoms in total. The van der Waals surface area contributed by atoms with Gasteiger partial charge in [0.2, 0.25) is 0 Å². The Bertz CT molecular complexity index is 593. The first kappa shape index (κ1) is 14.2. The summed E-state index contributed by atoms with van der Waals surface area (Å²) in [5.41, 5.74) is 5.01. The largest absolute Gasteiger partial charge is 0.389 e. The molecule has 0 radical (unpaired) electrons. The van der Waals surface area contributed by atoms with Gasteiger partial charge in [0.1, 0.15) is 0 Å². The molecule has 4 heteroatoms. The molecule has 1 amide bonds. The third-order valence-electron chi connectivity index (χ3n) is 3.36. The van der Waals surface area contributed by atoms with E-state index in [2.05, 4.69) is 0 Å². The first-order valence-electron chi connectivity index (χ1n) is 6.32. The van der Waals surface area contributed by atoms with Gasteiger partial charge in [-0.05, 0) is 23.6 Å². The molecule has 2 atom stereocenters. The smallest absolute Gasteiger partial charge is 0.258 e. The van der Waals surface area contributed by atoms with Crippen molar-refractivity contribution in [1.82, 2.24) is 0 Å². The van der Waals surface area contributed by atoms with E-state index in [1.165, 1.54) is 0 Å². The van der Waals surface area contributed by atoms with Gasteiger partial charge in [0.25, 0.3) is 5.91 Å². The summed E-state index contributed by atoms with van der Waals surface area (Å²) in [6.07, 6.45) is -0.609. The topological polar surface area (TPSA) is 83.6 Å².